The average Bonchev–Trinajstić information content (AvgIpc) is 2.51. The van der Waals surface area contributed by atoms with Crippen LogP contribution in [0, 0.1) is 12.3 Å². The first-order valence-electron chi connectivity index (χ1n) is 7.11. The van der Waals surface area contributed by atoms with Crippen molar-refractivity contribution in [3.05, 3.63) is 53.5 Å². The molecule has 5 nitrogen and oxygen atoms in total. The molecule has 0 fully saturated rings. The molecule has 0 radical (unpaired) electrons. The first kappa shape index (κ1) is 14.1. The summed E-state index contributed by atoms with van der Waals surface area (Å²) in [4.78, 5) is 4.48. The smallest absolute Gasteiger partial charge is 0.303 e. The van der Waals surface area contributed by atoms with Gasteiger partial charge in [0, 0.05) is 5.39 Å². The summed E-state index contributed by atoms with van der Waals surface area (Å²) in [6.07, 6.45) is 0. The summed E-state index contributed by atoms with van der Waals surface area (Å²) < 4.78 is 7.13. The summed E-state index contributed by atoms with van der Waals surface area (Å²) in [5.41, 5.74) is 2.40. The molecule has 0 saturated heterocycles. The molecule has 3 aromatic rings. The Balaban J connectivity index is 2.40. The van der Waals surface area contributed by atoms with E-state index in [1.165, 1.54) is 4.57 Å². The Morgan fingerprint density at radius 1 is 1.23 bits per heavy atom. The lowest BCUT2D eigenvalue weighted by atomic mass is 10.2. The predicted octanol–water partition coefficient (Wildman–Crippen LogP) is 2.92. The average molecular weight is 295 g/mol. The summed E-state index contributed by atoms with van der Waals surface area (Å²) in [7, 11) is 0. The third-order valence-corrected chi connectivity index (χ3v) is 3.44. The van der Waals surface area contributed by atoms with Crippen molar-refractivity contribution in [3.8, 4) is 17.4 Å². The second kappa shape index (κ2) is 5.52. The van der Waals surface area contributed by atoms with Crippen molar-refractivity contribution in [2.75, 3.05) is 6.61 Å². The molecule has 0 aliphatic heterocycles. The van der Waals surface area contributed by atoms with Gasteiger partial charge in [-0.25, -0.2) is 4.57 Å². The maximum absolute atomic E-state index is 10.2. The molecule has 0 unspecified atom stereocenters. The molecule has 0 spiro atoms. The fraction of sp³-hybridized carbons (Fsp3) is 0.176. The number of nitrogens with one attached hydrogen (secondary N) is 1. The summed E-state index contributed by atoms with van der Waals surface area (Å²) in [5, 5.41) is 19.4. The van der Waals surface area contributed by atoms with Crippen molar-refractivity contribution in [3.63, 3.8) is 0 Å². The summed E-state index contributed by atoms with van der Waals surface area (Å²) in [6, 6.07) is 13.0. The molecule has 22 heavy (non-hydrogen) atoms. The molecular formula is C17H17N3O2. The number of phenolic OH excluding ortho intramolecular Hbond substituents is 1. The van der Waals surface area contributed by atoms with Crippen LogP contribution in [0.1, 0.15) is 12.5 Å². The van der Waals surface area contributed by atoms with Crippen LogP contribution in [0.3, 0.4) is 0 Å². The lowest BCUT2D eigenvalue weighted by Crippen LogP contribution is -2.22. The topological polar surface area (TPSA) is 71.1 Å². The molecule has 5 heteroatoms. The zero-order valence-corrected chi connectivity index (χ0v) is 12.5. The van der Waals surface area contributed by atoms with Gasteiger partial charge in [0.2, 0.25) is 0 Å². The monoisotopic (exact) mass is 295 g/mol. The molecule has 0 aliphatic rings. The van der Waals surface area contributed by atoms with Gasteiger partial charge in [0.1, 0.15) is 11.2 Å². The Morgan fingerprint density at radius 3 is 2.77 bits per heavy atom. The third kappa shape index (κ3) is 2.30. The Kier molecular flexibility index (Phi) is 3.55. The van der Waals surface area contributed by atoms with E-state index >= 15 is 0 Å². The molecule has 1 aromatic heterocycles. The van der Waals surface area contributed by atoms with Gasteiger partial charge in [-0.1, -0.05) is 18.2 Å². The number of aromatic hydroxyl groups is 1. The number of hydrogen-bond acceptors (Lipinski definition) is 4. The largest absolute Gasteiger partial charge is 0.506 e. The van der Waals surface area contributed by atoms with Gasteiger partial charge in [-0.3, -0.25) is 5.41 Å². The predicted molar refractivity (Wildman–Crippen MR) is 84.5 cm³/mol. The lowest BCUT2D eigenvalue weighted by Gasteiger charge is -2.16. The van der Waals surface area contributed by atoms with E-state index in [1.807, 2.05) is 50.2 Å². The molecule has 0 atom stereocenters. The van der Waals surface area contributed by atoms with E-state index in [1.54, 1.807) is 6.07 Å². The number of aromatic nitrogens is 2. The van der Waals surface area contributed by atoms with E-state index in [0.29, 0.717) is 29.2 Å². The Labute approximate surface area is 128 Å². The second-order valence-corrected chi connectivity index (χ2v) is 5.02. The van der Waals surface area contributed by atoms with Crippen molar-refractivity contribution >= 4 is 10.9 Å². The van der Waals surface area contributed by atoms with Crippen molar-refractivity contribution in [2.24, 2.45) is 0 Å². The van der Waals surface area contributed by atoms with Crippen LogP contribution in [0.5, 0.6) is 11.8 Å². The van der Waals surface area contributed by atoms with Gasteiger partial charge in [0.15, 0.2) is 0 Å². The van der Waals surface area contributed by atoms with Gasteiger partial charge in [-0.05, 0) is 43.7 Å². The van der Waals surface area contributed by atoms with E-state index in [-0.39, 0.29) is 11.2 Å². The Bertz CT molecular complexity index is 900. The van der Waals surface area contributed by atoms with E-state index < -0.39 is 0 Å². The van der Waals surface area contributed by atoms with Crippen LogP contribution in [0.2, 0.25) is 0 Å². The standard InChI is InChI=1S/C17H17N3O2/c1-3-22-17-19-13-7-5-4-6-12(13)16(18)20(17)14-10-11(2)8-9-15(14)21/h4-10,18,21H,3H2,1-2H3. The van der Waals surface area contributed by atoms with Gasteiger partial charge >= 0.3 is 6.01 Å². The maximum Gasteiger partial charge on any atom is 0.303 e. The zero-order chi connectivity index (χ0) is 15.7. The van der Waals surface area contributed by atoms with Crippen molar-refractivity contribution in [1.29, 1.82) is 5.41 Å². The van der Waals surface area contributed by atoms with Crippen LogP contribution < -0.4 is 10.2 Å². The number of hydrogen-bond donors (Lipinski definition) is 2. The van der Waals surface area contributed by atoms with Gasteiger partial charge in [-0.15, -0.1) is 0 Å². The Morgan fingerprint density at radius 2 is 2.00 bits per heavy atom. The number of nitrogens with zero attached hydrogens (tertiary/aromatic N) is 2. The maximum atomic E-state index is 10.2. The van der Waals surface area contributed by atoms with Crippen molar-refractivity contribution < 1.29 is 9.84 Å². The van der Waals surface area contributed by atoms with Crippen LogP contribution in [-0.2, 0) is 0 Å². The minimum atomic E-state index is 0.0853. The summed E-state index contributed by atoms with van der Waals surface area (Å²) in [6.45, 7) is 4.22. The highest BCUT2D eigenvalue weighted by Crippen LogP contribution is 2.26. The fourth-order valence-corrected chi connectivity index (χ4v) is 2.40. The molecule has 2 N–H and O–H groups in total. The highest BCUT2D eigenvalue weighted by atomic mass is 16.5. The number of ether oxygens (including phenoxy) is 1. The first-order chi connectivity index (χ1) is 10.6. The lowest BCUT2D eigenvalue weighted by molar-refractivity contribution is 0.302. The Hall–Kier alpha value is -2.82. The van der Waals surface area contributed by atoms with E-state index in [9.17, 15) is 5.11 Å². The molecule has 0 amide bonds. The molecule has 112 valence electrons. The van der Waals surface area contributed by atoms with Gasteiger partial charge in [0.05, 0.1) is 17.8 Å². The van der Waals surface area contributed by atoms with Crippen LogP contribution >= 0.6 is 0 Å². The van der Waals surface area contributed by atoms with Crippen LogP contribution in [0.4, 0.5) is 0 Å². The fourth-order valence-electron chi connectivity index (χ4n) is 2.40. The summed E-state index contributed by atoms with van der Waals surface area (Å²) in [5.74, 6) is 0.0853. The van der Waals surface area contributed by atoms with Crippen LogP contribution in [0.15, 0.2) is 42.5 Å². The number of phenols is 1. The molecule has 3 rings (SSSR count). The first-order valence-corrected chi connectivity index (χ1v) is 7.11. The summed E-state index contributed by atoms with van der Waals surface area (Å²) >= 11 is 0. The highest BCUT2D eigenvalue weighted by Gasteiger charge is 2.14. The minimum Gasteiger partial charge on any atom is -0.506 e. The van der Waals surface area contributed by atoms with Gasteiger partial charge in [0.25, 0.3) is 0 Å². The normalized spacial score (nSPS) is 10.8. The zero-order valence-electron chi connectivity index (χ0n) is 12.5. The van der Waals surface area contributed by atoms with Gasteiger partial charge in [-0.2, -0.15) is 4.98 Å². The molecular weight excluding hydrogens is 278 g/mol. The third-order valence-electron chi connectivity index (χ3n) is 3.44. The SMILES string of the molecule is CCOc1nc2ccccc2c(=N)n1-c1cc(C)ccc1O. The number of fused-ring (bicyclic) bond motifs is 1. The second-order valence-electron chi connectivity index (χ2n) is 5.02. The minimum absolute atomic E-state index is 0.0853. The molecule has 0 bridgehead atoms. The quantitative estimate of drug-likeness (QED) is 0.780. The molecule has 1 heterocycles. The van der Waals surface area contributed by atoms with E-state index in [4.69, 9.17) is 10.1 Å². The number of aryl methyl sites for hydroxylation is 1. The number of para-hydroxylation sites is 1. The number of rotatable bonds is 3. The molecule has 0 saturated carbocycles. The molecule has 0 aliphatic carbocycles. The van der Waals surface area contributed by atoms with E-state index in [0.717, 1.165) is 5.56 Å². The van der Waals surface area contributed by atoms with Crippen LogP contribution in [-0.4, -0.2) is 21.3 Å². The van der Waals surface area contributed by atoms with Crippen molar-refractivity contribution in [1.82, 2.24) is 9.55 Å². The van der Waals surface area contributed by atoms with Crippen LogP contribution in [0.25, 0.3) is 16.6 Å². The number of benzene rings is 2. The van der Waals surface area contributed by atoms with E-state index in [2.05, 4.69) is 4.98 Å². The van der Waals surface area contributed by atoms with Crippen molar-refractivity contribution in [2.45, 2.75) is 13.8 Å². The van der Waals surface area contributed by atoms with Gasteiger partial charge < -0.3 is 9.84 Å². The molecule has 2 aromatic carbocycles. The highest BCUT2D eigenvalue weighted by molar-refractivity contribution is 5.78.